The largest absolute Gasteiger partial charge is 0.456 e. The van der Waals surface area contributed by atoms with Gasteiger partial charge in [-0.25, -0.2) is 0 Å². The second-order valence-corrected chi connectivity index (χ2v) is 5.10. The summed E-state index contributed by atoms with van der Waals surface area (Å²) in [5.74, 6) is 1.23. The molecule has 1 aromatic heterocycles. The van der Waals surface area contributed by atoms with Crippen LogP contribution in [-0.4, -0.2) is 11.5 Å². The van der Waals surface area contributed by atoms with Gasteiger partial charge in [0.2, 0.25) is 0 Å². The average molecular weight is 311 g/mol. The summed E-state index contributed by atoms with van der Waals surface area (Å²) >= 11 is 12.1. The number of ether oxygens (including phenoxy) is 1. The van der Waals surface area contributed by atoms with Crippen molar-refractivity contribution in [1.29, 1.82) is 0 Å². The molecule has 0 aliphatic rings. The molecule has 2 aromatic rings. The standard InChI is InChI=1S/C15H16Cl2N2O/c1-2-7-18-10-11-9-12(6-8-19-11)20-14-5-3-4-13(16)15(14)17/h3-6,8-9,18H,2,7,10H2,1H3. The number of benzene rings is 1. The van der Waals surface area contributed by atoms with Crippen molar-refractivity contribution in [1.82, 2.24) is 10.3 Å². The van der Waals surface area contributed by atoms with Gasteiger partial charge in [0, 0.05) is 18.8 Å². The molecule has 20 heavy (non-hydrogen) atoms. The SMILES string of the molecule is CCCNCc1cc(Oc2cccc(Cl)c2Cl)ccn1. The highest BCUT2D eigenvalue weighted by molar-refractivity contribution is 6.42. The highest BCUT2D eigenvalue weighted by atomic mass is 35.5. The maximum Gasteiger partial charge on any atom is 0.147 e. The summed E-state index contributed by atoms with van der Waals surface area (Å²) in [6.07, 6.45) is 2.81. The van der Waals surface area contributed by atoms with Crippen molar-refractivity contribution in [3.8, 4) is 11.5 Å². The fourth-order valence-electron chi connectivity index (χ4n) is 1.70. The van der Waals surface area contributed by atoms with Crippen LogP contribution in [-0.2, 0) is 6.54 Å². The summed E-state index contributed by atoms with van der Waals surface area (Å²) < 4.78 is 5.75. The molecule has 5 heteroatoms. The van der Waals surface area contributed by atoms with Crippen molar-refractivity contribution < 1.29 is 4.74 Å². The first-order chi connectivity index (χ1) is 9.70. The molecule has 1 heterocycles. The highest BCUT2D eigenvalue weighted by Gasteiger charge is 2.07. The van der Waals surface area contributed by atoms with Gasteiger partial charge in [0.15, 0.2) is 0 Å². The lowest BCUT2D eigenvalue weighted by Gasteiger charge is -2.09. The van der Waals surface area contributed by atoms with Gasteiger partial charge in [-0.3, -0.25) is 4.98 Å². The lowest BCUT2D eigenvalue weighted by Crippen LogP contribution is -2.14. The van der Waals surface area contributed by atoms with Crippen LogP contribution in [0.5, 0.6) is 11.5 Å². The minimum atomic E-state index is 0.414. The summed E-state index contributed by atoms with van der Waals surface area (Å²) in [5.41, 5.74) is 0.925. The van der Waals surface area contributed by atoms with Gasteiger partial charge in [0.1, 0.15) is 16.5 Å². The van der Waals surface area contributed by atoms with E-state index in [1.54, 1.807) is 30.5 Å². The molecule has 0 fully saturated rings. The van der Waals surface area contributed by atoms with Crippen molar-refractivity contribution >= 4 is 23.2 Å². The zero-order valence-electron chi connectivity index (χ0n) is 11.2. The Bertz CT molecular complexity index is 576. The lowest BCUT2D eigenvalue weighted by atomic mass is 10.3. The molecule has 0 radical (unpaired) electrons. The maximum absolute atomic E-state index is 6.10. The van der Waals surface area contributed by atoms with E-state index in [-0.39, 0.29) is 0 Å². The van der Waals surface area contributed by atoms with Gasteiger partial charge < -0.3 is 10.1 Å². The van der Waals surface area contributed by atoms with Crippen molar-refractivity contribution in [3.63, 3.8) is 0 Å². The molecule has 0 amide bonds. The Balaban J connectivity index is 2.09. The van der Waals surface area contributed by atoms with Crippen molar-refractivity contribution in [2.45, 2.75) is 19.9 Å². The Morgan fingerprint density at radius 3 is 2.90 bits per heavy atom. The van der Waals surface area contributed by atoms with Crippen LogP contribution in [0.25, 0.3) is 0 Å². The number of aromatic nitrogens is 1. The van der Waals surface area contributed by atoms with Crippen LogP contribution in [0.2, 0.25) is 10.0 Å². The third-order valence-electron chi connectivity index (χ3n) is 2.66. The molecular formula is C15H16Cl2N2O. The van der Waals surface area contributed by atoms with Gasteiger partial charge in [0.05, 0.1) is 10.7 Å². The Labute approximate surface area is 128 Å². The second-order valence-electron chi connectivity index (χ2n) is 4.31. The smallest absolute Gasteiger partial charge is 0.147 e. The normalized spacial score (nSPS) is 10.6. The van der Waals surface area contributed by atoms with Crippen LogP contribution < -0.4 is 10.1 Å². The molecule has 0 atom stereocenters. The molecular weight excluding hydrogens is 295 g/mol. The second kappa shape index (κ2) is 7.48. The Morgan fingerprint density at radius 2 is 2.10 bits per heavy atom. The molecule has 3 nitrogen and oxygen atoms in total. The predicted octanol–water partition coefficient (Wildman–Crippen LogP) is 4.68. The van der Waals surface area contributed by atoms with Crippen molar-refractivity contribution in [3.05, 3.63) is 52.3 Å². The third-order valence-corrected chi connectivity index (χ3v) is 3.47. The minimum absolute atomic E-state index is 0.414. The quantitative estimate of drug-likeness (QED) is 0.787. The fourth-order valence-corrected chi connectivity index (χ4v) is 2.03. The van der Waals surface area contributed by atoms with E-state index in [4.69, 9.17) is 27.9 Å². The molecule has 0 saturated heterocycles. The van der Waals surface area contributed by atoms with Gasteiger partial charge in [-0.15, -0.1) is 0 Å². The third kappa shape index (κ3) is 4.10. The number of hydrogen-bond acceptors (Lipinski definition) is 3. The van der Waals surface area contributed by atoms with Gasteiger partial charge in [-0.05, 0) is 31.2 Å². The van der Waals surface area contributed by atoms with Crippen molar-refractivity contribution in [2.24, 2.45) is 0 Å². The number of pyridine rings is 1. The molecule has 1 aromatic carbocycles. The number of nitrogens with zero attached hydrogens (tertiary/aromatic N) is 1. The zero-order valence-corrected chi connectivity index (χ0v) is 12.7. The van der Waals surface area contributed by atoms with E-state index < -0.39 is 0 Å². The minimum Gasteiger partial charge on any atom is -0.456 e. The van der Waals surface area contributed by atoms with E-state index in [0.717, 1.165) is 18.7 Å². The van der Waals surface area contributed by atoms with Crippen LogP contribution in [0.4, 0.5) is 0 Å². The monoisotopic (exact) mass is 310 g/mol. The average Bonchev–Trinajstić information content (AvgIpc) is 2.45. The number of rotatable bonds is 6. The van der Waals surface area contributed by atoms with Crippen LogP contribution in [0, 0.1) is 0 Å². The van der Waals surface area contributed by atoms with E-state index in [1.165, 1.54) is 0 Å². The topological polar surface area (TPSA) is 34.1 Å². The van der Waals surface area contributed by atoms with E-state index >= 15 is 0 Å². The molecule has 0 bridgehead atoms. The maximum atomic E-state index is 6.10. The molecule has 106 valence electrons. The Kier molecular flexibility index (Phi) is 5.65. The molecule has 0 unspecified atom stereocenters. The van der Waals surface area contributed by atoms with Gasteiger partial charge in [-0.1, -0.05) is 36.2 Å². The summed E-state index contributed by atoms with van der Waals surface area (Å²) in [6, 6.07) is 8.99. The van der Waals surface area contributed by atoms with Crippen LogP contribution >= 0.6 is 23.2 Å². The van der Waals surface area contributed by atoms with Gasteiger partial charge in [-0.2, -0.15) is 0 Å². The molecule has 0 aliphatic carbocycles. The molecule has 0 spiro atoms. The number of nitrogens with one attached hydrogen (secondary N) is 1. The van der Waals surface area contributed by atoms with Crippen LogP contribution in [0.1, 0.15) is 19.0 Å². The van der Waals surface area contributed by atoms with Gasteiger partial charge in [0.25, 0.3) is 0 Å². The molecule has 0 aliphatic heterocycles. The predicted molar refractivity (Wildman–Crippen MR) is 82.8 cm³/mol. The molecule has 2 rings (SSSR count). The van der Waals surface area contributed by atoms with E-state index in [0.29, 0.717) is 28.1 Å². The van der Waals surface area contributed by atoms with Crippen LogP contribution in [0.15, 0.2) is 36.5 Å². The summed E-state index contributed by atoms with van der Waals surface area (Å²) in [5, 5.41) is 4.19. The number of halogens is 2. The lowest BCUT2D eigenvalue weighted by molar-refractivity contribution is 0.480. The molecule has 1 N–H and O–H groups in total. The van der Waals surface area contributed by atoms with E-state index in [1.807, 2.05) is 6.07 Å². The zero-order chi connectivity index (χ0) is 14.4. The Hall–Kier alpha value is -1.29. The first-order valence-corrected chi connectivity index (χ1v) is 7.24. The van der Waals surface area contributed by atoms with Crippen LogP contribution in [0.3, 0.4) is 0 Å². The first-order valence-electron chi connectivity index (χ1n) is 6.48. The van der Waals surface area contributed by atoms with E-state index in [9.17, 15) is 0 Å². The van der Waals surface area contributed by atoms with E-state index in [2.05, 4.69) is 17.2 Å². The van der Waals surface area contributed by atoms with Gasteiger partial charge >= 0.3 is 0 Å². The first kappa shape index (κ1) is 15.1. The summed E-state index contributed by atoms with van der Waals surface area (Å²) in [4.78, 5) is 4.29. The highest BCUT2D eigenvalue weighted by Crippen LogP contribution is 2.34. The number of hydrogen-bond donors (Lipinski definition) is 1. The Morgan fingerprint density at radius 1 is 1.25 bits per heavy atom. The fraction of sp³-hybridized carbons (Fsp3) is 0.267. The summed E-state index contributed by atoms with van der Waals surface area (Å²) in [6.45, 7) is 3.81. The van der Waals surface area contributed by atoms with Crippen molar-refractivity contribution in [2.75, 3.05) is 6.54 Å². The summed E-state index contributed by atoms with van der Waals surface area (Å²) in [7, 11) is 0. The molecule has 0 saturated carbocycles.